The molecule has 0 aliphatic rings. The maximum Gasteiger partial charge on any atom is 0.251 e. The number of benzene rings is 1. The zero-order valence-corrected chi connectivity index (χ0v) is 12.9. The molecular weight excluding hydrogens is 266 g/mol. The molecular formula is C16H21N3O2. The van der Waals surface area contributed by atoms with E-state index >= 15 is 0 Å². The van der Waals surface area contributed by atoms with Crippen molar-refractivity contribution in [2.24, 2.45) is 0 Å². The monoisotopic (exact) mass is 287 g/mol. The van der Waals surface area contributed by atoms with Gasteiger partial charge in [-0.3, -0.25) is 4.79 Å². The van der Waals surface area contributed by atoms with Crippen molar-refractivity contribution in [2.75, 3.05) is 7.11 Å². The number of hydrogen-bond donors (Lipinski definition) is 2. The van der Waals surface area contributed by atoms with E-state index in [1.54, 1.807) is 7.11 Å². The fourth-order valence-electron chi connectivity index (χ4n) is 1.84. The molecule has 0 atom stereocenters. The maximum absolute atomic E-state index is 11.8. The number of aromatic nitrogens is 2. The zero-order valence-electron chi connectivity index (χ0n) is 12.9. The minimum atomic E-state index is -0.151. The Labute approximate surface area is 124 Å². The Kier molecular flexibility index (Phi) is 4.43. The van der Waals surface area contributed by atoms with Gasteiger partial charge < -0.3 is 15.0 Å². The third-order valence-corrected chi connectivity index (χ3v) is 2.96. The minimum Gasteiger partial charge on any atom is -0.497 e. The lowest BCUT2D eigenvalue weighted by Crippen LogP contribution is -2.35. The van der Waals surface area contributed by atoms with Gasteiger partial charge in [-0.25, -0.2) is 4.98 Å². The van der Waals surface area contributed by atoms with Gasteiger partial charge in [0.25, 0.3) is 5.56 Å². The van der Waals surface area contributed by atoms with Gasteiger partial charge >= 0.3 is 0 Å². The highest BCUT2D eigenvalue weighted by molar-refractivity contribution is 5.56. The van der Waals surface area contributed by atoms with E-state index in [1.807, 2.05) is 24.3 Å². The Bertz CT molecular complexity index is 654. The molecule has 0 aliphatic carbocycles. The summed E-state index contributed by atoms with van der Waals surface area (Å²) in [6, 6.07) is 8.95. The summed E-state index contributed by atoms with van der Waals surface area (Å²) in [6.07, 6.45) is 0. The first-order valence-electron chi connectivity index (χ1n) is 6.87. The van der Waals surface area contributed by atoms with Gasteiger partial charge in [-0.1, -0.05) is 0 Å². The Morgan fingerprint density at radius 2 is 1.90 bits per heavy atom. The Hall–Kier alpha value is -2.14. The van der Waals surface area contributed by atoms with Crippen molar-refractivity contribution in [3.63, 3.8) is 0 Å². The van der Waals surface area contributed by atoms with Crippen LogP contribution in [0.2, 0.25) is 0 Å². The van der Waals surface area contributed by atoms with Crippen LogP contribution in [0.5, 0.6) is 5.75 Å². The van der Waals surface area contributed by atoms with Gasteiger partial charge in [-0.05, 0) is 45.0 Å². The van der Waals surface area contributed by atoms with Crippen molar-refractivity contribution in [3.05, 3.63) is 46.4 Å². The topological polar surface area (TPSA) is 67.0 Å². The summed E-state index contributed by atoms with van der Waals surface area (Å²) < 4.78 is 5.13. The van der Waals surface area contributed by atoms with Gasteiger partial charge in [0.15, 0.2) is 0 Å². The Morgan fingerprint density at radius 1 is 1.24 bits per heavy atom. The molecule has 21 heavy (non-hydrogen) atoms. The number of methoxy groups -OCH3 is 1. The van der Waals surface area contributed by atoms with E-state index in [0.717, 1.165) is 17.0 Å². The molecule has 1 aromatic carbocycles. The van der Waals surface area contributed by atoms with Crippen LogP contribution in [0.1, 0.15) is 26.5 Å². The zero-order chi connectivity index (χ0) is 15.5. The normalized spacial score (nSPS) is 11.4. The van der Waals surface area contributed by atoms with E-state index in [1.165, 1.54) is 6.07 Å². The summed E-state index contributed by atoms with van der Waals surface area (Å²) in [5, 5.41) is 3.33. The van der Waals surface area contributed by atoms with Crippen LogP contribution in [-0.4, -0.2) is 22.6 Å². The van der Waals surface area contributed by atoms with Crippen LogP contribution < -0.4 is 15.6 Å². The second-order valence-corrected chi connectivity index (χ2v) is 5.92. The molecule has 0 fully saturated rings. The number of ether oxygens (including phenoxy) is 1. The number of H-pyrrole nitrogens is 1. The molecule has 112 valence electrons. The van der Waals surface area contributed by atoms with Crippen LogP contribution in [0.25, 0.3) is 11.4 Å². The number of nitrogens with zero attached hydrogens (tertiary/aromatic N) is 1. The van der Waals surface area contributed by atoms with E-state index in [2.05, 4.69) is 36.1 Å². The second kappa shape index (κ2) is 6.10. The average Bonchev–Trinajstić information content (AvgIpc) is 2.44. The largest absolute Gasteiger partial charge is 0.497 e. The second-order valence-electron chi connectivity index (χ2n) is 5.92. The molecule has 0 saturated carbocycles. The highest BCUT2D eigenvalue weighted by atomic mass is 16.5. The Morgan fingerprint density at radius 3 is 2.48 bits per heavy atom. The van der Waals surface area contributed by atoms with Crippen LogP contribution >= 0.6 is 0 Å². The number of aromatic amines is 1. The number of nitrogens with one attached hydrogen (secondary N) is 2. The molecule has 0 bridgehead atoms. The lowest BCUT2D eigenvalue weighted by molar-refractivity contribution is 0.415. The first kappa shape index (κ1) is 15.3. The Balaban J connectivity index is 2.27. The molecule has 0 aliphatic heterocycles. The lowest BCUT2D eigenvalue weighted by Gasteiger charge is -2.20. The average molecular weight is 287 g/mol. The van der Waals surface area contributed by atoms with Crippen molar-refractivity contribution in [1.82, 2.24) is 15.3 Å². The van der Waals surface area contributed by atoms with E-state index in [-0.39, 0.29) is 11.1 Å². The van der Waals surface area contributed by atoms with Crippen molar-refractivity contribution >= 4 is 0 Å². The third-order valence-electron chi connectivity index (χ3n) is 2.96. The van der Waals surface area contributed by atoms with E-state index in [4.69, 9.17) is 4.74 Å². The summed E-state index contributed by atoms with van der Waals surface area (Å²) in [5.41, 5.74) is 1.40. The van der Waals surface area contributed by atoms with Crippen molar-refractivity contribution in [2.45, 2.75) is 32.9 Å². The number of rotatable bonds is 4. The first-order chi connectivity index (χ1) is 9.87. The lowest BCUT2D eigenvalue weighted by atomic mass is 10.1. The van der Waals surface area contributed by atoms with Crippen LogP contribution in [0.15, 0.2) is 35.1 Å². The molecule has 5 heteroatoms. The van der Waals surface area contributed by atoms with Gasteiger partial charge in [-0.2, -0.15) is 0 Å². The molecule has 2 rings (SSSR count). The highest BCUT2D eigenvalue weighted by Gasteiger charge is 2.10. The molecule has 0 amide bonds. The van der Waals surface area contributed by atoms with Crippen molar-refractivity contribution in [3.8, 4) is 17.1 Å². The third kappa shape index (κ3) is 4.43. The summed E-state index contributed by atoms with van der Waals surface area (Å²) in [7, 11) is 1.62. The van der Waals surface area contributed by atoms with Crippen molar-refractivity contribution in [1.29, 1.82) is 0 Å². The summed E-state index contributed by atoms with van der Waals surface area (Å²) in [6.45, 7) is 6.77. The SMILES string of the molecule is COc1ccc(-c2nc(CNC(C)(C)C)cc(=O)[nH]2)cc1. The molecule has 0 unspecified atom stereocenters. The highest BCUT2D eigenvalue weighted by Crippen LogP contribution is 2.18. The minimum absolute atomic E-state index is 0.0233. The van der Waals surface area contributed by atoms with Crippen LogP contribution in [0, 0.1) is 0 Å². The van der Waals surface area contributed by atoms with Crippen molar-refractivity contribution < 1.29 is 4.74 Å². The molecule has 1 heterocycles. The molecule has 2 N–H and O–H groups in total. The van der Waals surface area contributed by atoms with E-state index in [9.17, 15) is 4.79 Å². The van der Waals surface area contributed by atoms with E-state index < -0.39 is 0 Å². The van der Waals surface area contributed by atoms with Gasteiger partial charge in [0, 0.05) is 23.7 Å². The fourth-order valence-corrected chi connectivity index (χ4v) is 1.84. The maximum atomic E-state index is 11.8. The predicted molar refractivity (Wildman–Crippen MR) is 83.4 cm³/mol. The summed E-state index contributed by atoms with van der Waals surface area (Å²) in [4.78, 5) is 19.1. The van der Waals surface area contributed by atoms with Gasteiger partial charge in [0.1, 0.15) is 11.6 Å². The fraction of sp³-hybridized carbons (Fsp3) is 0.375. The number of hydrogen-bond acceptors (Lipinski definition) is 4. The quantitative estimate of drug-likeness (QED) is 0.905. The van der Waals surface area contributed by atoms with Crippen LogP contribution in [-0.2, 0) is 6.54 Å². The van der Waals surface area contributed by atoms with Gasteiger partial charge in [-0.15, -0.1) is 0 Å². The first-order valence-corrected chi connectivity index (χ1v) is 6.87. The molecule has 1 aromatic heterocycles. The van der Waals surface area contributed by atoms with Gasteiger partial charge in [0.2, 0.25) is 0 Å². The molecule has 2 aromatic rings. The molecule has 0 radical (unpaired) electrons. The van der Waals surface area contributed by atoms with Crippen LogP contribution in [0.3, 0.4) is 0 Å². The molecule has 5 nitrogen and oxygen atoms in total. The molecule has 0 spiro atoms. The smallest absolute Gasteiger partial charge is 0.251 e. The summed E-state index contributed by atoms with van der Waals surface area (Å²) in [5.74, 6) is 1.34. The molecule has 0 saturated heterocycles. The van der Waals surface area contributed by atoms with Gasteiger partial charge in [0.05, 0.1) is 12.8 Å². The summed E-state index contributed by atoms with van der Waals surface area (Å²) >= 11 is 0. The standard InChI is InChI=1S/C16H21N3O2/c1-16(2,3)17-10-12-9-14(20)19-15(18-12)11-5-7-13(21-4)8-6-11/h5-9,17H,10H2,1-4H3,(H,18,19,20). The van der Waals surface area contributed by atoms with Crippen LogP contribution in [0.4, 0.5) is 0 Å². The predicted octanol–water partition coefficient (Wildman–Crippen LogP) is 2.33. The van der Waals surface area contributed by atoms with E-state index in [0.29, 0.717) is 12.4 Å².